The van der Waals surface area contributed by atoms with E-state index in [0.717, 1.165) is 43.2 Å². The van der Waals surface area contributed by atoms with Crippen molar-refractivity contribution in [1.82, 2.24) is 14.5 Å². The monoisotopic (exact) mass is 259 g/mol. The standard InChI is InChI=1S/C15H21N3O/c1-11(2)9-18-14(12-5-4-8-19-10-12)17-13-6-3-7-16-15(13)18/h3,6-7,11-12H,4-5,8-10H2,1-2H3. The van der Waals surface area contributed by atoms with Crippen molar-refractivity contribution in [2.24, 2.45) is 5.92 Å². The third-order valence-corrected chi connectivity index (χ3v) is 3.61. The van der Waals surface area contributed by atoms with Crippen LogP contribution < -0.4 is 0 Å². The Morgan fingerprint density at radius 1 is 1.47 bits per heavy atom. The van der Waals surface area contributed by atoms with Gasteiger partial charge in [-0.2, -0.15) is 0 Å². The fourth-order valence-electron chi connectivity index (χ4n) is 2.78. The normalized spacial score (nSPS) is 20.3. The molecule has 0 aromatic carbocycles. The van der Waals surface area contributed by atoms with Gasteiger partial charge in [-0.15, -0.1) is 0 Å². The summed E-state index contributed by atoms with van der Waals surface area (Å²) < 4.78 is 7.91. The van der Waals surface area contributed by atoms with Crippen molar-refractivity contribution in [3.8, 4) is 0 Å². The van der Waals surface area contributed by atoms with Crippen LogP contribution in [0.5, 0.6) is 0 Å². The van der Waals surface area contributed by atoms with Gasteiger partial charge in [0.05, 0.1) is 6.61 Å². The predicted molar refractivity (Wildman–Crippen MR) is 75.2 cm³/mol. The number of hydrogen-bond donors (Lipinski definition) is 0. The van der Waals surface area contributed by atoms with Gasteiger partial charge in [0.1, 0.15) is 11.3 Å². The van der Waals surface area contributed by atoms with Crippen molar-refractivity contribution in [3.05, 3.63) is 24.2 Å². The SMILES string of the molecule is CC(C)Cn1c(C2CCCOC2)nc2cccnc21. The minimum absolute atomic E-state index is 0.418. The van der Waals surface area contributed by atoms with Gasteiger partial charge >= 0.3 is 0 Å². The van der Waals surface area contributed by atoms with E-state index in [-0.39, 0.29) is 0 Å². The van der Waals surface area contributed by atoms with Crippen LogP contribution in [0, 0.1) is 5.92 Å². The van der Waals surface area contributed by atoms with Crippen molar-refractivity contribution in [2.45, 2.75) is 39.2 Å². The number of pyridine rings is 1. The molecule has 1 unspecified atom stereocenters. The second-order valence-corrected chi connectivity index (χ2v) is 5.73. The smallest absolute Gasteiger partial charge is 0.160 e. The van der Waals surface area contributed by atoms with E-state index in [4.69, 9.17) is 9.72 Å². The number of imidazole rings is 1. The minimum Gasteiger partial charge on any atom is -0.381 e. The number of ether oxygens (including phenoxy) is 1. The van der Waals surface area contributed by atoms with E-state index in [9.17, 15) is 0 Å². The lowest BCUT2D eigenvalue weighted by Crippen LogP contribution is -2.20. The lowest BCUT2D eigenvalue weighted by Gasteiger charge is -2.23. The van der Waals surface area contributed by atoms with Crippen LogP contribution in [-0.2, 0) is 11.3 Å². The van der Waals surface area contributed by atoms with Crippen LogP contribution in [0.3, 0.4) is 0 Å². The summed E-state index contributed by atoms with van der Waals surface area (Å²) in [5.41, 5.74) is 2.01. The van der Waals surface area contributed by atoms with Gasteiger partial charge in [-0.3, -0.25) is 0 Å². The summed E-state index contributed by atoms with van der Waals surface area (Å²) >= 11 is 0. The third kappa shape index (κ3) is 2.50. The highest BCUT2D eigenvalue weighted by molar-refractivity contribution is 5.71. The fourth-order valence-corrected chi connectivity index (χ4v) is 2.78. The maximum Gasteiger partial charge on any atom is 0.160 e. The van der Waals surface area contributed by atoms with E-state index >= 15 is 0 Å². The Morgan fingerprint density at radius 2 is 2.37 bits per heavy atom. The van der Waals surface area contributed by atoms with E-state index in [0.29, 0.717) is 11.8 Å². The molecule has 102 valence electrons. The Hall–Kier alpha value is -1.42. The molecule has 1 atom stereocenters. The van der Waals surface area contributed by atoms with E-state index in [1.54, 1.807) is 0 Å². The molecular weight excluding hydrogens is 238 g/mol. The van der Waals surface area contributed by atoms with Crippen LogP contribution in [-0.4, -0.2) is 27.7 Å². The van der Waals surface area contributed by atoms with Crippen molar-refractivity contribution >= 4 is 11.2 Å². The molecule has 1 saturated heterocycles. The first-order chi connectivity index (χ1) is 9.25. The minimum atomic E-state index is 0.418. The van der Waals surface area contributed by atoms with E-state index in [1.807, 2.05) is 18.3 Å². The Balaban J connectivity index is 2.05. The number of hydrogen-bond acceptors (Lipinski definition) is 3. The van der Waals surface area contributed by atoms with Gasteiger partial charge in [-0.25, -0.2) is 9.97 Å². The topological polar surface area (TPSA) is 39.9 Å². The Kier molecular flexibility index (Phi) is 3.51. The molecule has 0 radical (unpaired) electrons. The highest BCUT2D eigenvalue weighted by Crippen LogP contribution is 2.28. The Morgan fingerprint density at radius 3 is 3.11 bits per heavy atom. The van der Waals surface area contributed by atoms with E-state index < -0.39 is 0 Å². The first-order valence-corrected chi connectivity index (χ1v) is 7.14. The summed E-state index contributed by atoms with van der Waals surface area (Å²) in [5, 5.41) is 0. The second-order valence-electron chi connectivity index (χ2n) is 5.73. The van der Waals surface area contributed by atoms with Gasteiger partial charge in [0.2, 0.25) is 0 Å². The average molecular weight is 259 g/mol. The summed E-state index contributed by atoms with van der Waals surface area (Å²) in [7, 11) is 0. The van der Waals surface area contributed by atoms with Crippen molar-refractivity contribution in [1.29, 1.82) is 0 Å². The predicted octanol–water partition coefficient (Wildman–Crippen LogP) is 2.98. The van der Waals surface area contributed by atoms with Gasteiger partial charge < -0.3 is 9.30 Å². The van der Waals surface area contributed by atoms with Crippen molar-refractivity contribution < 1.29 is 4.74 Å². The first-order valence-electron chi connectivity index (χ1n) is 7.14. The number of nitrogens with zero attached hydrogens (tertiary/aromatic N) is 3. The molecule has 0 spiro atoms. The van der Waals surface area contributed by atoms with Crippen LogP contribution in [0.2, 0.25) is 0 Å². The zero-order valence-corrected chi connectivity index (χ0v) is 11.7. The van der Waals surface area contributed by atoms with E-state index in [2.05, 4.69) is 23.4 Å². The molecule has 3 heterocycles. The molecule has 19 heavy (non-hydrogen) atoms. The number of fused-ring (bicyclic) bond motifs is 1. The summed E-state index contributed by atoms with van der Waals surface area (Å²) in [5.74, 6) is 2.16. The molecular formula is C15H21N3O. The highest BCUT2D eigenvalue weighted by atomic mass is 16.5. The molecule has 2 aromatic heterocycles. The van der Waals surface area contributed by atoms with Gasteiger partial charge in [0.15, 0.2) is 5.65 Å². The van der Waals surface area contributed by atoms with Crippen LogP contribution in [0.4, 0.5) is 0 Å². The third-order valence-electron chi connectivity index (χ3n) is 3.61. The Bertz CT molecular complexity index is 556. The molecule has 4 heteroatoms. The highest BCUT2D eigenvalue weighted by Gasteiger charge is 2.23. The average Bonchev–Trinajstić information content (AvgIpc) is 2.78. The van der Waals surface area contributed by atoms with Crippen molar-refractivity contribution in [3.63, 3.8) is 0 Å². The molecule has 0 saturated carbocycles. The molecule has 4 nitrogen and oxygen atoms in total. The number of rotatable bonds is 3. The van der Waals surface area contributed by atoms with Gasteiger partial charge in [0.25, 0.3) is 0 Å². The Labute approximate surface area is 113 Å². The first kappa shape index (κ1) is 12.6. The van der Waals surface area contributed by atoms with Crippen LogP contribution in [0.25, 0.3) is 11.2 Å². The lowest BCUT2D eigenvalue weighted by atomic mass is 10.0. The molecule has 1 fully saturated rings. The van der Waals surface area contributed by atoms with Crippen LogP contribution >= 0.6 is 0 Å². The van der Waals surface area contributed by atoms with Crippen LogP contribution in [0.1, 0.15) is 38.4 Å². The molecule has 0 aliphatic carbocycles. The quantitative estimate of drug-likeness (QED) is 0.850. The summed E-state index contributed by atoms with van der Waals surface area (Å²) in [6, 6.07) is 4.00. The van der Waals surface area contributed by atoms with Crippen molar-refractivity contribution in [2.75, 3.05) is 13.2 Å². The summed E-state index contributed by atoms with van der Waals surface area (Å²) in [6.07, 6.45) is 4.15. The maximum atomic E-state index is 5.62. The van der Waals surface area contributed by atoms with Gasteiger partial charge in [0, 0.05) is 25.3 Å². The zero-order chi connectivity index (χ0) is 13.2. The van der Waals surface area contributed by atoms with E-state index in [1.165, 1.54) is 6.42 Å². The lowest BCUT2D eigenvalue weighted by molar-refractivity contribution is 0.0769. The molecule has 2 aromatic rings. The number of aromatic nitrogens is 3. The summed E-state index contributed by atoms with van der Waals surface area (Å²) in [6.45, 7) is 7.12. The van der Waals surface area contributed by atoms with Gasteiger partial charge in [-0.05, 0) is 30.9 Å². The molecule has 0 bridgehead atoms. The molecule has 3 rings (SSSR count). The molecule has 0 N–H and O–H groups in total. The van der Waals surface area contributed by atoms with Crippen LogP contribution in [0.15, 0.2) is 18.3 Å². The maximum absolute atomic E-state index is 5.62. The fraction of sp³-hybridized carbons (Fsp3) is 0.600. The molecule has 1 aliphatic heterocycles. The largest absolute Gasteiger partial charge is 0.381 e. The zero-order valence-electron chi connectivity index (χ0n) is 11.7. The summed E-state index contributed by atoms with van der Waals surface area (Å²) in [4.78, 5) is 9.32. The molecule has 1 aliphatic rings. The van der Waals surface area contributed by atoms with Gasteiger partial charge in [-0.1, -0.05) is 13.8 Å². The molecule has 0 amide bonds. The second kappa shape index (κ2) is 5.29.